The first kappa shape index (κ1) is 25.4. The molecule has 1 aliphatic rings. The van der Waals surface area contributed by atoms with E-state index in [-0.39, 0.29) is 0 Å². The van der Waals surface area contributed by atoms with Crippen molar-refractivity contribution in [1.82, 2.24) is 0 Å². The van der Waals surface area contributed by atoms with E-state index in [2.05, 4.69) is 10.0 Å². The van der Waals surface area contributed by atoms with Crippen molar-refractivity contribution in [2.24, 2.45) is 10.5 Å². The molecular weight excluding hydrogens is 458 g/mol. The van der Waals surface area contributed by atoms with Crippen molar-refractivity contribution in [3.8, 4) is 0 Å². The zero-order valence-corrected chi connectivity index (χ0v) is 20.2. The minimum atomic E-state index is -1.77. The monoisotopic (exact) mass is 485 g/mol. The molecule has 9 nitrogen and oxygen atoms in total. The van der Waals surface area contributed by atoms with Crippen molar-refractivity contribution in [2.45, 2.75) is 62.4 Å². The van der Waals surface area contributed by atoms with Gasteiger partial charge in [0.15, 0.2) is 11.5 Å². The summed E-state index contributed by atoms with van der Waals surface area (Å²) in [6, 6.07) is 15.7. The van der Waals surface area contributed by atoms with E-state index in [1.54, 1.807) is 88.4 Å². The van der Waals surface area contributed by atoms with Crippen LogP contribution in [0.1, 0.15) is 38.1 Å². The number of carbonyl (C=O) groups is 2. The number of azide groups is 1. The van der Waals surface area contributed by atoms with Crippen molar-refractivity contribution in [1.29, 1.82) is 0 Å². The van der Waals surface area contributed by atoms with Crippen LogP contribution in [0.15, 0.2) is 70.7 Å². The van der Waals surface area contributed by atoms with E-state index in [9.17, 15) is 19.3 Å². The van der Waals surface area contributed by atoms with Crippen molar-refractivity contribution in [2.75, 3.05) is 0 Å². The molecule has 0 amide bonds. The molecule has 0 saturated carbocycles. The van der Waals surface area contributed by atoms with Gasteiger partial charge in [0.25, 0.3) is 0 Å². The van der Waals surface area contributed by atoms with Gasteiger partial charge in [-0.05, 0) is 57.5 Å². The SMILES string of the molecule is C[C@H]1O[C@@H](S(=O)c2ccccc2)[C@H](OC(=O)C(C)(C)C)[C@@H](N=[N+]=[N-])[C@H]1OC(=O)c1ccccc1. The fraction of sp³-hybridized carbons (Fsp3) is 0.417. The van der Waals surface area contributed by atoms with E-state index in [1.165, 1.54) is 0 Å². The topological polar surface area (TPSA) is 128 Å². The molecule has 1 fully saturated rings. The van der Waals surface area contributed by atoms with E-state index in [4.69, 9.17) is 14.2 Å². The molecule has 34 heavy (non-hydrogen) atoms. The van der Waals surface area contributed by atoms with Crippen LogP contribution in [0.2, 0.25) is 0 Å². The van der Waals surface area contributed by atoms with Gasteiger partial charge in [0.1, 0.15) is 12.1 Å². The quantitative estimate of drug-likeness (QED) is 0.258. The highest BCUT2D eigenvalue weighted by Gasteiger charge is 2.51. The first-order valence-corrected chi connectivity index (χ1v) is 12.0. The summed E-state index contributed by atoms with van der Waals surface area (Å²) < 4.78 is 30.9. The second-order valence-electron chi connectivity index (χ2n) is 8.87. The zero-order valence-electron chi connectivity index (χ0n) is 19.4. The minimum Gasteiger partial charge on any atom is -0.458 e. The molecule has 2 aromatic rings. The molecule has 0 spiro atoms. The highest BCUT2D eigenvalue weighted by molar-refractivity contribution is 7.85. The summed E-state index contributed by atoms with van der Waals surface area (Å²) in [5, 5.41) is 3.82. The number of hydrogen-bond donors (Lipinski definition) is 0. The maximum Gasteiger partial charge on any atom is 0.338 e. The van der Waals surface area contributed by atoms with E-state index in [1.807, 2.05) is 0 Å². The fourth-order valence-electron chi connectivity index (χ4n) is 3.40. The van der Waals surface area contributed by atoms with E-state index in [0.29, 0.717) is 10.5 Å². The standard InChI is InChI=1S/C24H27N3O6S/c1-15-19(32-21(28)16-11-7-5-8-12-16)18(26-27-25)20(33-23(29)24(2,3)4)22(31-15)34(30)17-13-9-6-10-14-17/h5-15,18-20,22H,1-4H3/t15-,18+,19+,20-,22+,34?/m1/s1. The zero-order chi connectivity index (χ0) is 24.9. The average molecular weight is 486 g/mol. The molecule has 10 heteroatoms. The average Bonchev–Trinajstić information content (AvgIpc) is 2.82. The predicted molar refractivity (Wildman–Crippen MR) is 125 cm³/mol. The summed E-state index contributed by atoms with van der Waals surface area (Å²) in [4.78, 5) is 28.9. The van der Waals surface area contributed by atoms with Gasteiger partial charge in [-0.3, -0.25) is 9.00 Å². The Balaban J connectivity index is 1.99. The molecule has 1 aliphatic heterocycles. The number of hydrogen-bond acceptors (Lipinski definition) is 7. The number of benzene rings is 2. The van der Waals surface area contributed by atoms with Crippen LogP contribution in [-0.2, 0) is 29.8 Å². The van der Waals surface area contributed by atoms with Crippen LogP contribution in [-0.4, -0.2) is 45.9 Å². The molecule has 0 bridgehead atoms. The van der Waals surface area contributed by atoms with Crippen molar-refractivity contribution < 1.29 is 28.0 Å². The number of carbonyl (C=O) groups excluding carboxylic acids is 2. The molecule has 0 aliphatic carbocycles. The van der Waals surface area contributed by atoms with Crippen LogP contribution >= 0.6 is 0 Å². The first-order chi connectivity index (χ1) is 16.1. The van der Waals surface area contributed by atoms with Gasteiger partial charge in [-0.25, -0.2) is 4.79 Å². The molecule has 1 saturated heterocycles. The molecule has 1 unspecified atom stereocenters. The molecule has 0 N–H and O–H groups in total. The molecule has 0 aromatic heterocycles. The fourth-order valence-corrected chi connectivity index (χ4v) is 4.83. The van der Waals surface area contributed by atoms with E-state index < -0.39 is 57.9 Å². The lowest BCUT2D eigenvalue weighted by Gasteiger charge is -2.43. The third-order valence-corrected chi connectivity index (χ3v) is 6.77. The number of esters is 2. The summed E-state index contributed by atoms with van der Waals surface area (Å²) in [5.41, 5.74) is 7.55. The summed E-state index contributed by atoms with van der Waals surface area (Å²) in [5.74, 6) is -1.25. The van der Waals surface area contributed by atoms with Crippen LogP contribution < -0.4 is 0 Å². The van der Waals surface area contributed by atoms with Crippen LogP contribution in [0.25, 0.3) is 10.4 Å². The molecule has 2 aromatic carbocycles. The van der Waals surface area contributed by atoms with Gasteiger partial charge < -0.3 is 14.2 Å². The minimum absolute atomic E-state index is 0.299. The van der Waals surface area contributed by atoms with Crippen LogP contribution in [0, 0.1) is 5.41 Å². The molecule has 0 radical (unpaired) electrons. The Kier molecular flexibility index (Phi) is 8.09. The number of ether oxygens (including phenoxy) is 3. The second kappa shape index (κ2) is 10.8. The second-order valence-corrected chi connectivity index (χ2v) is 10.4. The largest absolute Gasteiger partial charge is 0.458 e. The van der Waals surface area contributed by atoms with Gasteiger partial charge in [0, 0.05) is 9.81 Å². The van der Waals surface area contributed by atoms with Gasteiger partial charge >= 0.3 is 11.9 Å². The Morgan fingerprint density at radius 2 is 1.59 bits per heavy atom. The van der Waals surface area contributed by atoms with Crippen LogP contribution in [0.4, 0.5) is 0 Å². The van der Waals surface area contributed by atoms with Gasteiger partial charge in [0.2, 0.25) is 0 Å². The lowest BCUT2D eigenvalue weighted by Crippen LogP contribution is -2.60. The van der Waals surface area contributed by atoms with Gasteiger partial charge in [-0.1, -0.05) is 41.5 Å². The molecule has 3 rings (SSSR count). The van der Waals surface area contributed by atoms with Crippen molar-refractivity contribution in [3.05, 3.63) is 76.7 Å². The highest BCUT2D eigenvalue weighted by Crippen LogP contribution is 2.33. The third kappa shape index (κ3) is 5.83. The smallest absolute Gasteiger partial charge is 0.338 e. The van der Waals surface area contributed by atoms with Gasteiger partial charge in [-0.2, -0.15) is 0 Å². The molecule has 180 valence electrons. The maximum atomic E-state index is 13.4. The van der Waals surface area contributed by atoms with Crippen LogP contribution in [0.3, 0.4) is 0 Å². The summed E-state index contributed by atoms with van der Waals surface area (Å²) in [6.45, 7) is 6.63. The highest BCUT2D eigenvalue weighted by atomic mass is 32.2. The summed E-state index contributed by atoms with van der Waals surface area (Å²) in [6.07, 6.45) is -3.13. The molecular formula is C24H27N3O6S. The Morgan fingerprint density at radius 3 is 2.15 bits per heavy atom. The van der Waals surface area contributed by atoms with Crippen LogP contribution in [0.5, 0.6) is 0 Å². The number of nitrogens with zero attached hydrogens (tertiary/aromatic N) is 3. The lowest BCUT2D eigenvalue weighted by molar-refractivity contribution is -0.186. The Bertz CT molecular complexity index is 1080. The first-order valence-electron chi connectivity index (χ1n) is 10.8. The summed E-state index contributed by atoms with van der Waals surface area (Å²) in [7, 11) is -1.77. The Hall–Kier alpha value is -3.20. The van der Waals surface area contributed by atoms with Gasteiger partial charge in [-0.15, -0.1) is 0 Å². The van der Waals surface area contributed by atoms with E-state index in [0.717, 1.165) is 0 Å². The van der Waals surface area contributed by atoms with Crippen molar-refractivity contribution in [3.63, 3.8) is 0 Å². The maximum absolute atomic E-state index is 13.4. The predicted octanol–water partition coefficient (Wildman–Crippen LogP) is 4.40. The normalized spacial score (nSPS) is 25.5. The summed E-state index contributed by atoms with van der Waals surface area (Å²) >= 11 is 0. The third-order valence-electron chi connectivity index (χ3n) is 5.23. The van der Waals surface area contributed by atoms with Crippen molar-refractivity contribution >= 4 is 22.7 Å². The Morgan fingerprint density at radius 1 is 1.00 bits per heavy atom. The Labute approximate surface area is 200 Å². The van der Waals surface area contributed by atoms with E-state index >= 15 is 0 Å². The number of rotatable bonds is 6. The van der Waals surface area contributed by atoms with Gasteiger partial charge in [0.05, 0.1) is 27.9 Å². The molecule has 6 atom stereocenters. The lowest BCUT2D eigenvalue weighted by atomic mass is 9.95. The molecule has 1 heterocycles.